The third kappa shape index (κ3) is 62.8. The molecule has 3 N–H and O–H groups in total. The molecule has 0 aromatic carbocycles. The summed E-state index contributed by atoms with van der Waals surface area (Å²) in [6.45, 7) is 7.16. The Labute approximate surface area is 537 Å². The van der Waals surface area contributed by atoms with Crippen LogP contribution in [0.15, 0.2) is 0 Å². The summed E-state index contributed by atoms with van der Waals surface area (Å²) in [5, 5.41) is 10.6. The highest BCUT2D eigenvalue weighted by Crippen LogP contribution is 2.45. The lowest BCUT2D eigenvalue weighted by atomic mass is 10.0. The lowest BCUT2D eigenvalue weighted by Crippen LogP contribution is -2.30. The summed E-state index contributed by atoms with van der Waals surface area (Å²) < 4.78 is 68.1. The Hall–Kier alpha value is -1.94. The first-order valence-electron chi connectivity index (χ1n) is 36.1. The van der Waals surface area contributed by atoms with Crippen molar-refractivity contribution >= 4 is 39.5 Å². The Morgan fingerprint density at radius 3 is 0.773 bits per heavy atom. The summed E-state index contributed by atoms with van der Waals surface area (Å²) in [4.78, 5) is 72.3. The van der Waals surface area contributed by atoms with E-state index in [-0.39, 0.29) is 25.7 Å². The van der Waals surface area contributed by atoms with Crippen molar-refractivity contribution in [3.63, 3.8) is 0 Å². The molecule has 522 valence electrons. The lowest BCUT2D eigenvalue weighted by Gasteiger charge is -2.21. The number of hydrogen-bond acceptors (Lipinski definition) is 15. The van der Waals surface area contributed by atoms with Crippen molar-refractivity contribution in [1.29, 1.82) is 0 Å². The zero-order valence-corrected chi connectivity index (χ0v) is 58.6. The molecule has 0 saturated heterocycles. The monoisotopic (exact) mass is 1300 g/mol. The molecule has 0 aromatic rings. The van der Waals surface area contributed by atoms with Crippen molar-refractivity contribution in [1.82, 2.24) is 0 Å². The predicted molar refractivity (Wildman–Crippen MR) is 354 cm³/mol. The number of aliphatic hydroxyl groups excluding tert-OH is 1. The van der Waals surface area contributed by atoms with Gasteiger partial charge in [0.25, 0.3) is 0 Å². The highest BCUT2D eigenvalue weighted by molar-refractivity contribution is 7.47. The van der Waals surface area contributed by atoms with Crippen molar-refractivity contribution in [2.45, 2.75) is 374 Å². The average Bonchev–Trinajstić information content (AvgIpc) is 3.59. The molecule has 0 rings (SSSR count). The second-order valence-electron chi connectivity index (χ2n) is 25.4. The van der Waals surface area contributed by atoms with E-state index in [0.717, 1.165) is 109 Å². The summed E-state index contributed by atoms with van der Waals surface area (Å²) in [7, 11) is -9.89. The van der Waals surface area contributed by atoms with Crippen LogP contribution in [-0.2, 0) is 65.4 Å². The molecule has 0 aliphatic carbocycles. The van der Waals surface area contributed by atoms with Crippen LogP contribution in [0.25, 0.3) is 0 Å². The largest absolute Gasteiger partial charge is 0.472 e. The number of ether oxygens (including phenoxy) is 4. The van der Waals surface area contributed by atoms with Gasteiger partial charge in [0.05, 0.1) is 26.4 Å². The fourth-order valence-electron chi connectivity index (χ4n) is 10.5. The third-order valence-electron chi connectivity index (χ3n) is 16.0. The van der Waals surface area contributed by atoms with Gasteiger partial charge >= 0.3 is 39.5 Å². The molecule has 0 bridgehead atoms. The van der Waals surface area contributed by atoms with Gasteiger partial charge < -0.3 is 33.8 Å². The zero-order valence-electron chi connectivity index (χ0n) is 56.9. The number of phosphoric acid groups is 2. The van der Waals surface area contributed by atoms with Crippen LogP contribution in [0.3, 0.4) is 0 Å². The van der Waals surface area contributed by atoms with Gasteiger partial charge in [-0.3, -0.25) is 37.3 Å². The van der Waals surface area contributed by atoms with Crippen molar-refractivity contribution in [2.24, 2.45) is 5.92 Å². The van der Waals surface area contributed by atoms with Gasteiger partial charge in [-0.05, 0) is 31.6 Å². The molecule has 0 radical (unpaired) electrons. The van der Waals surface area contributed by atoms with Gasteiger partial charge in [0.15, 0.2) is 12.2 Å². The van der Waals surface area contributed by atoms with Crippen LogP contribution in [0.1, 0.15) is 356 Å². The summed E-state index contributed by atoms with van der Waals surface area (Å²) in [6, 6.07) is 0. The Morgan fingerprint density at radius 1 is 0.307 bits per heavy atom. The molecule has 2 unspecified atom stereocenters. The van der Waals surface area contributed by atoms with Gasteiger partial charge in [0.1, 0.15) is 19.3 Å². The molecule has 0 fully saturated rings. The number of unbranched alkanes of at least 4 members (excludes halogenated alkanes) is 41. The third-order valence-corrected chi connectivity index (χ3v) is 17.9. The Kier molecular flexibility index (Phi) is 61.1. The van der Waals surface area contributed by atoms with E-state index in [0.29, 0.717) is 25.7 Å². The van der Waals surface area contributed by atoms with Gasteiger partial charge in [-0.25, -0.2) is 9.13 Å². The number of phosphoric ester groups is 2. The molecule has 5 atom stereocenters. The number of rotatable bonds is 69. The number of esters is 4. The maximum absolute atomic E-state index is 13.0. The van der Waals surface area contributed by atoms with E-state index >= 15 is 0 Å². The van der Waals surface area contributed by atoms with Gasteiger partial charge in [-0.2, -0.15) is 0 Å². The van der Waals surface area contributed by atoms with Crippen molar-refractivity contribution < 1.29 is 80.2 Å². The first-order chi connectivity index (χ1) is 42.5. The van der Waals surface area contributed by atoms with Gasteiger partial charge in [0.2, 0.25) is 0 Å². The minimum absolute atomic E-state index is 0.107. The molecule has 19 heteroatoms. The molecule has 0 saturated carbocycles. The second-order valence-corrected chi connectivity index (χ2v) is 28.3. The standard InChI is InChI=1S/C69H134O17P2/c1-6-9-12-15-18-20-22-23-24-25-26-27-28-29-31-33-40-45-50-55-69(74)86-65(59-80-67(72)53-48-43-38-35-34-37-41-46-51-62(4)5)61-84-88(77,78)82-57-63(70)56-81-87(75,76)83-60-64(58-79-66(71)52-47-42-36-17-14-11-8-3)85-68(73)54-49-44-39-32-30-21-19-16-13-10-7-2/h62-65,70H,6-61H2,1-5H3,(H,75,76)(H,77,78)/t63-,64+,65+/m0/s1. The van der Waals surface area contributed by atoms with Crippen LogP contribution in [0.2, 0.25) is 0 Å². The van der Waals surface area contributed by atoms with Crippen molar-refractivity contribution in [2.75, 3.05) is 39.6 Å². The van der Waals surface area contributed by atoms with E-state index in [9.17, 15) is 43.2 Å². The summed E-state index contributed by atoms with van der Waals surface area (Å²) in [5.41, 5.74) is 0. The Bertz CT molecular complexity index is 1700. The van der Waals surface area contributed by atoms with Crippen LogP contribution < -0.4 is 0 Å². The molecule has 0 amide bonds. The smallest absolute Gasteiger partial charge is 0.462 e. The fourth-order valence-corrected chi connectivity index (χ4v) is 12.0. The Balaban J connectivity index is 5.16. The minimum Gasteiger partial charge on any atom is -0.462 e. The number of aliphatic hydroxyl groups is 1. The fraction of sp³-hybridized carbons (Fsp3) is 0.942. The van der Waals surface area contributed by atoms with Crippen LogP contribution in [-0.4, -0.2) is 96.7 Å². The van der Waals surface area contributed by atoms with Crippen LogP contribution in [0.5, 0.6) is 0 Å². The predicted octanol–water partition coefficient (Wildman–Crippen LogP) is 19.7. The van der Waals surface area contributed by atoms with E-state index in [4.69, 9.17) is 37.0 Å². The molecule has 0 spiro atoms. The minimum atomic E-state index is -4.95. The number of hydrogen-bond donors (Lipinski definition) is 3. The first-order valence-corrected chi connectivity index (χ1v) is 39.1. The number of carbonyl (C=O) groups is 4. The van der Waals surface area contributed by atoms with E-state index in [1.54, 1.807) is 0 Å². The Morgan fingerprint density at radius 2 is 0.523 bits per heavy atom. The topological polar surface area (TPSA) is 237 Å². The molecule has 0 heterocycles. The molecule has 0 aromatic heterocycles. The quantitative estimate of drug-likeness (QED) is 0.0222. The molecule has 0 aliphatic heterocycles. The zero-order chi connectivity index (χ0) is 64.9. The molecule has 0 aliphatic rings. The molecular formula is C69H134O17P2. The average molecular weight is 1300 g/mol. The van der Waals surface area contributed by atoms with Crippen LogP contribution in [0, 0.1) is 5.92 Å². The molecule has 17 nitrogen and oxygen atoms in total. The normalized spacial score (nSPS) is 14.1. The van der Waals surface area contributed by atoms with Gasteiger partial charge in [-0.15, -0.1) is 0 Å². The van der Waals surface area contributed by atoms with Crippen molar-refractivity contribution in [3.05, 3.63) is 0 Å². The molecule has 88 heavy (non-hydrogen) atoms. The van der Waals surface area contributed by atoms with Crippen LogP contribution in [0.4, 0.5) is 0 Å². The maximum atomic E-state index is 13.0. The summed E-state index contributed by atoms with van der Waals surface area (Å²) >= 11 is 0. The van der Waals surface area contributed by atoms with E-state index in [1.165, 1.54) is 167 Å². The highest BCUT2D eigenvalue weighted by Gasteiger charge is 2.30. The van der Waals surface area contributed by atoms with Gasteiger partial charge in [0, 0.05) is 25.7 Å². The van der Waals surface area contributed by atoms with Crippen molar-refractivity contribution in [3.8, 4) is 0 Å². The summed E-state index contributed by atoms with van der Waals surface area (Å²) in [5.74, 6) is -1.40. The van der Waals surface area contributed by atoms with E-state index in [2.05, 4.69) is 34.6 Å². The van der Waals surface area contributed by atoms with E-state index in [1.807, 2.05) is 0 Å². The highest BCUT2D eigenvalue weighted by atomic mass is 31.2. The first kappa shape index (κ1) is 86.1. The van der Waals surface area contributed by atoms with E-state index < -0.39 is 97.5 Å². The number of carbonyl (C=O) groups excluding carboxylic acids is 4. The second kappa shape index (κ2) is 62.5. The van der Waals surface area contributed by atoms with Gasteiger partial charge in [-0.1, -0.05) is 304 Å². The summed E-state index contributed by atoms with van der Waals surface area (Å²) in [6.07, 6.45) is 48.8. The SMILES string of the molecule is CCCCCCCCCCCCCCCCCCCCCC(=O)O[C@H](COC(=O)CCCCCCCCCCC(C)C)COP(=O)(O)OC[C@@H](O)COP(=O)(O)OC[C@@H](COC(=O)CCCCCCCCC)OC(=O)CCCCCCCCCCCCC. The maximum Gasteiger partial charge on any atom is 0.472 e. The molecular weight excluding hydrogens is 1160 g/mol. The lowest BCUT2D eigenvalue weighted by molar-refractivity contribution is -0.161. The van der Waals surface area contributed by atoms with Crippen LogP contribution >= 0.6 is 15.6 Å².